The molecule has 1 aliphatic rings. The van der Waals surface area contributed by atoms with Crippen molar-refractivity contribution in [3.8, 4) is 11.3 Å². The first-order valence-electron chi connectivity index (χ1n) is 7.11. The topological polar surface area (TPSA) is 41.0 Å². The number of aromatic nitrogens is 2. The Morgan fingerprint density at radius 2 is 1.76 bits per heavy atom. The van der Waals surface area contributed by atoms with Gasteiger partial charge in [-0.25, -0.2) is 0 Å². The van der Waals surface area contributed by atoms with Crippen LogP contribution in [0.5, 0.6) is 0 Å². The molecule has 5 heteroatoms. The van der Waals surface area contributed by atoms with Crippen LogP contribution in [0.15, 0.2) is 30.3 Å². The van der Waals surface area contributed by atoms with Gasteiger partial charge in [0.2, 0.25) is 0 Å². The summed E-state index contributed by atoms with van der Waals surface area (Å²) in [7, 11) is 0. The van der Waals surface area contributed by atoms with Gasteiger partial charge in [-0.05, 0) is 37.6 Å². The van der Waals surface area contributed by atoms with E-state index in [4.69, 9.17) is 0 Å². The Morgan fingerprint density at radius 3 is 2.43 bits per heavy atom. The van der Waals surface area contributed by atoms with Gasteiger partial charge < -0.3 is 10.2 Å². The van der Waals surface area contributed by atoms with Crippen LogP contribution in [-0.4, -0.2) is 36.4 Å². The van der Waals surface area contributed by atoms with Gasteiger partial charge in [0.05, 0.1) is 5.69 Å². The number of benzene rings is 1. The lowest BCUT2D eigenvalue weighted by atomic mass is 10.0. The first-order chi connectivity index (χ1) is 9.74. The molecule has 0 saturated carbocycles. The number of anilines is 1. The fraction of sp³-hybridized carbons (Fsp3) is 0.375. The minimum atomic E-state index is 0. The molecule has 1 aromatic heterocycles. The van der Waals surface area contributed by atoms with Gasteiger partial charge in [-0.2, -0.15) is 0 Å². The van der Waals surface area contributed by atoms with Crippen LogP contribution in [0.2, 0.25) is 0 Å². The maximum Gasteiger partial charge on any atom is 0.151 e. The van der Waals surface area contributed by atoms with Crippen LogP contribution < -0.4 is 10.2 Å². The van der Waals surface area contributed by atoms with E-state index in [-0.39, 0.29) is 12.4 Å². The molecule has 3 rings (SSSR count). The van der Waals surface area contributed by atoms with Crippen LogP contribution in [-0.2, 0) is 0 Å². The van der Waals surface area contributed by atoms with Gasteiger partial charge in [-0.15, -0.1) is 22.6 Å². The van der Waals surface area contributed by atoms with Crippen LogP contribution >= 0.6 is 12.4 Å². The molecule has 1 N–H and O–H groups in total. The second-order valence-corrected chi connectivity index (χ2v) is 5.33. The second kappa shape index (κ2) is 6.87. The molecule has 2 aromatic rings. The van der Waals surface area contributed by atoms with E-state index in [1.54, 1.807) is 0 Å². The van der Waals surface area contributed by atoms with Crippen LogP contribution in [0.4, 0.5) is 5.82 Å². The minimum absolute atomic E-state index is 0. The Labute approximate surface area is 132 Å². The number of halogens is 1. The van der Waals surface area contributed by atoms with E-state index in [1.165, 1.54) is 16.7 Å². The molecule has 112 valence electrons. The quantitative estimate of drug-likeness (QED) is 0.926. The minimum Gasteiger partial charge on any atom is -0.353 e. The van der Waals surface area contributed by atoms with Crippen molar-refractivity contribution >= 4 is 18.2 Å². The summed E-state index contributed by atoms with van der Waals surface area (Å²) >= 11 is 0. The van der Waals surface area contributed by atoms with Gasteiger partial charge in [-0.3, -0.25) is 0 Å². The van der Waals surface area contributed by atoms with Crippen molar-refractivity contribution in [3.63, 3.8) is 0 Å². The average molecular weight is 305 g/mol. The number of nitrogens with zero attached hydrogens (tertiary/aromatic N) is 3. The zero-order valence-electron chi connectivity index (χ0n) is 12.5. The fourth-order valence-electron chi connectivity index (χ4n) is 2.54. The van der Waals surface area contributed by atoms with E-state index >= 15 is 0 Å². The van der Waals surface area contributed by atoms with E-state index in [9.17, 15) is 0 Å². The zero-order valence-corrected chi connectivity index (χ0v) is 13.3. The third kappa shape index (κ3) is 3.52. The lowest BCUT2D eigenvalue weighted by Gasteiger charge is -2.27. The molecule has 1 aromatic carbocycles. The van der Waals surface area contributed by atoms with Crippen LogP contribution in [0.1, 0.15) is 11.1 Å². The van der Waals surface area contributed by atoms with Crippen molar-refractivity contribution in [3.05, 3.63) is 41.5 Å². The molecule has 1 saturated heterocycles. The van der Waals surface area contributed by atoms with Gasteiger partial charge >= 0.3 is 0 Å². The number of hydrogen-bond acceptors (Lipinski definition) is 4. The molecule has 0 bridgehead atoms. The van der Waals surface area contributed by atoms with Gasteiger partial charge in [0.25, 0.3) is 0 Å². The Bertz CT molecular complexity index is 592. The maximum atomic E-state index is 4.41. The lowest BCUT2D eigenvalue weighted by molar-refractivity contribution is 0.583. The third-order valence-electron chi connectivity index (χ3n) is 3.76. The molecule has 4 nitrogen and oxygen atoms in total. The van der Waals surface area contributed by atoms with Crippen molar-refractivity contribution in [2.45, 2.75) is 13.8 Å². The Morgan fingerprint density at radius 1 is 1.00 bits per heavy atom. The molecule has 0 radical (unpaired) electrons. The average Bonchev–Trinajstić information content (AvgIpc) is 2.51. The summed E-state index contributed by atoms with van der Waals surface area (Å²) in [6, 6.07) is 10.6. The molecule has 0 atom stereocenters. The van der Waals surface area contributed by atoms with Crippen LogP contribution in [0.3, 0.4) is 0 Å². The predicted octanol–water partition coefficient (Wildman–Crippen LogP) is 2.59. The number of piperazine rings is 1. The molecule has 2 heterocycles. The van der Waals surface area contributed by atoms with Gasteiger partial charge in [0, 0.05) is 31.7 Å². The van der Waals surface area contributed by atoms with E-state index in [0.29, 0.717) is 0 Å². The standard InChI is InChI=1S/C16H20N4.ClH/c1-12-3-4-13(2)14(11-12)15-5-6-16(19-18-15)20-9-7-17-8-10-20;/h3-6,11,17H,7-10H2,1-2H3;1H. The number of aryl methyl sites for hydroxylation is 2. The summed E-state index contributed by atoms with van der Waals surface area (Å²) in [4.78, 5) is 2.27. The Balaban J connectivity index is 0.00000161. The van der Waals surface area contributed by atoms with Gasteiger partial charge in [0.15, 0.2) is 5.82 Å². The highest BCUT2D eigenvalue weighted by Crippen LogP contribution is 2.23. The first-order valence-corrected chi connectivity index (χ1v) is 7.11. The van der Waals surface area contributed by atoms with Crippen molar-refractivity contribution in [2.75, 3.05) is 31.1 Å². The number of hydrogen-bond donors (Lipinski definition) is 1. The molecular formula is C16H21ClN4. The van der Waals surface area contributed by atoms with Crippen LogP contribution in [0.25, 0.3) is 11.3 Å². The maximum absolute atomic E-state index is 4.41. The SMILES string of the molecule is Cc1ccc(C)c(-c2ccc(N3CCNCC3)nn2)c1.Cl. The van der Waals surface area contributed by atoms with Crippen molar-refractivity contribution in [2.24, 2.45) is 0 Å². The highest BCUT2D eigenvalue weighted by atomic mass is 35.5. The Kier molecular flexibility index (Phi) is 5.15. The summed E-state index contributed by atoms with van der Waals surface area (Å²) < 4.78 is 0. The van der Waals surface area contributed by atoms with Crippen LogP contribution in [0, 0.1) is 13.8 Å². The van der Waals surface area contributed by atoms with Gasteiger partial charge in [0.1, 0.15) is 0 Å². The molecule has 1 aliphatic heterocycles. The second-order valence-electron chi connectivity index (χ2n) is 5.33. The van der Waals surface area contributed by atoms with Crippen molar-refractivity contribution in [1.29, 1.82) is 0 Å². The van der Waals surface area contributed by atoms with E-state index in [1.807, 2.05) is 0 Å². The van der Waals surface area contributed by atoms with E-state index in [0.717, 1.165) is 37.7 Å². The summed E-state index contributed by atoms with van der Waals surface area (Å²) in [5, 5.41) is 12.2. The van der Waals surface area contributed by atoms with Gasteiger partial charge in [-0.1, -0.05) is 17.7 Å². The van der Waals surface area contributed by atoms with E-state index in [2.05, 4.69) is 64.6 Å². The molecule has 0 spiro atoms. The summed E-state index contributed by atoms with van der Waals surface area (Å²) in [5.41, 5.74) is 4.60. The third-order valence-corrected chi connectivity index (χ3v) is 3.76. The molecule has 21 heavy (non-hydrogen) atoms. The zero-order chi connectivity index (χ0) is 13.9. The molecule has 0 aliphatic carbocycles. The fourth-order valence-corrected chi connectivity index (χ4v) is 2.54. The lowest BCUT2D eigenvalue weighted by Crippen LogP contribution is -2.43. The molecule has 0 amide bonds. The molecule has 0 unspecified atom stereocenters. The summed E-state index contributed by atoms with van der Waals surface area (Å²) in [6.07, 6.45) is 0. The molecular weight excluding hydrogens is 284 g/mol. The Hall–Kier alpha value is -1.65. The summed E-state index contributed by atoms with van der Waals surface area (Å²) in [6.45, 7) is 8.24. The molecule has 1 fully saturated rings. The highest BCUT2D eigenvalue weighted by Gasteiger charge is 2.12. The normalized spacial score (nSPS) is 14.7. The van der Waals surface area contributed by atoms with Crippen molar-refractivity contribution < 1.29 is 0 Å². The summed E-state index contributed by atoms with van der Waals surface area (Å²) in [5.74, 6) is 0.973. The predicted molar refractivity (Wildman–Crippen MR) is 89.3 cm³/mol. The highest BCUT2D eigenvalue weighted by molar-refractivity contribution is 5.85. The largest absolute Gasteiger partial charge is 0.353 e. The van der Waals surface area contributed by atoms with E-state index < -0.39 is 0 Å². The number of rotatable bonds is 2. The van der Waals surface area contributed by atoms with Crippen molar-refractivity contribution in [1.82, 2.24) is 15.5 Å². The monoisotopic (exact) mass is 304 g/mol. The smallest absolute Gasteiger partial charge is 0.151 e. The first kappa shape index (κ1) is 15.7. The number of nitrogens with one attached hydrogen (secondary N) is 1.